The fraction of sp³-hybridized carbons (Fsp3) is 0.929. The summed E-state index contributed by atoms with van der Waals surface area (Å²) in [5.74, 6) is 0.393. The molecule has 1 N–H and O–H groups in total. The van der Waals surface area contributed by atoms with Gasteiger partial charge in [0, 0.05) is 18.5 Å². The fourth-order valence-electron chi connectivity index (χ4n) is 3.33. The molecule has 0 bridgehead atoms. The van der Waals surface area contributed by atoms with Gasteiger partial charge in [0.25, 0.3) is 0 Å². The predicted molar refractivity (Wildman–Crippen MR) is 69.9 cm³/mol. The SMILES string of the molecule is CN(C(=O)C1(C)CCCCC1)C1CCNCC1. The van der Waals surface area contributed by atoms with E-state index in [-0.39, 0.29) is 5.41 Å². The number of carbonyl (C=O) groups is 1. The largest absolute Gasteiger partial charge is 0.342 e. The molecule has 0 radical (unpaired) electrons. The standard InChI is InChI=1S/C14H26N2O/c1-14(8-4-3-5-9-14)13(17)16(2)12-6-10-15-11-7-12/h12,15H,3-11H2,1-2H3. The number of carbonyl (C=O) groups excluding carboxylic acids is 1. The lowest BCUT2D eigenvalue weighted by Crippen LogP contribution is -2.49. The predicted octanol–water partition coefficient (Wildman–Crippen LogP) is 2.17. The van der Waals surface area contributed by atoms with Crippen LogP contribution in [0.25, 0.3) is 0 Å². The highest BCUT2D eigenvalue weighted by Gasteiger charge is 2.38. The molecule has 2 fully saturated rings. The van der Waals surface area contributed by atoms with E-state index < -0.39 is 0 Å². The zero-order valence-corrected chi connectivity index (χ0v) is 11.3. The minimum Gasteiger partial charge on any atom is -0.342 e. The zero-order valence-electron chi connectivity index (χ0n) is 11.3. The van der Waals surface area contributed by atoms with Gasteiger partial charge in [0.05, 0.1) is 0 Å². The van der Waals surface area contributed by atoms with E-state index >= 15 is 0 Å². The van der Waals surface area contributed by atoms with Gasteiger partial charge in [0.15, 0.2) is 0 Å². The van der Waals surface area contributed by atoms with Crippen molar-refractivity contribution in [1.29, 1.82) is 0 Å². The van der Waals surface area contributed by atoms with E-state index in [2.05, 4.69) is 12.2 Å². The van der Waals surface area contributed by atoms with Gasteiger partial charge in [-0.05, 0) is 38.8 Å². The van der Waals surface area contributed by atoms with Crippen molar-refractivity contribution < 1.29 is 4.79 Å². The van der Waals surface area contributed by atoms with Crippen LogP contribution in [-0.2, 0) is 4.79 Å². The second-order valence-corrected chi connectivity index (χ2v) is 6.02. The maximum absolute atomic E-state index is 12.6. The lowest BCUT2D eigenvalue weighted by atomic mass is 9.74. The lowest BCUT2D eigenvalue weighted by Gasteiger charge is -2.40. The topological polar surface area (TPSA) is 32.3 Å². The van der Waals surface area contributed by atoms with Crippen LogP contribution in [0.5, 0.6) is 0 Å². The third-order valence-corrected chi connectivity index (χ3v) is 4.65. The molecule has 17 heavy (non-hydrogen) atoms. The number of amides is 1. The molecule has 2 rings (SSSR count). The van der Waals surface area contributed by atoms with Crippen LogP contribution in [0.2, 0.25) is 0 Å². The highest BCUT2D eigenvalue weighted by atomic mass is 16.2. The summed E-state index contributed by atoms with van der Waals surface area (Å²) in [7, 11) is 2.01. The van der Waals surface area contributed by atoms with E-state index in [1.54, 1.807) is 0 Å². The molecule has 0 aromatic heterocycles. The first-order valence-electron chi connectivity index (χ1n) is 7.11. The summed E-state index contributed by atoms with van der Waals surface area (Å²) in [4.78, 5) is 14.7. The molecule has 0 aromatic carbocycles. The number of hydrogen-bond donors (Lipinski definition) is 1. The average molecular weight is 238 g/mol. The van der Waals surface area contributed by atoms with E-state index in [0.29, 0.717) is 11.9 Å². The second kappa shape index (κ2) is 5.38. The molecule has 3 nitrogen and oxygen atoms in total. The molecular formula is C14H26N2O. The smallest absolute Gasteiger partial charge is 0.228 e. The molecular weight excluding hydrogens is 212 g/mol. The van der Waals surface area contributed by atoms with Gasteiger partial charge in [-0.2, -0.15) is 0 Å². The van der Waals surface area contributed by atoms with Gasteiger partial charge in [0.1, 0.15) is 0 Å². The highest BCUT2D eigenvalue weighted by molar-refractivity contribution is 5.82. The molecule has 0 atom stereocenters. The quantitative estimate of drug-likeness (QED) is 0.799. The Labute approximate surface area is 105 Å². The number of nitrogens with one attached hydrogen (secondary N) is 1. The van der Waals surface area contributed by atoms with Crippen LogP contribution in [0.15, 0.2) is 0 Å². The molecule has 1 heterocycles. The van der Waals surface area contributed by atoms with E-state index in [0.717, 1.165) is 38.8 Å². The maximum atomic E-state index is 12.6. The number of rotatable bonds is 2. The Hall–Kier alpha value is -0.570. The van der Waals surface area contributed by atoms with E-state index in [4.69, 9.17) is 0 Å². The molecule has 98 valence electrons. The van der Waals surface area contributed by atoms with Crippen LogP contribution in [0, 0.1) is 5.41 Å². The first-order valence-corrected chi connectivity index (χ1v) is 7.11. The van der Waals surface area contributed by atoms with Gasteiger partial charge < -0.3 is 10.2 Å². The van der Waals surface area contributed by atoms with E-state index in [1.807, 2.05) is 11.9 Å². The summed E-state index contributed by atoms with van der Waals surface area (Å²) in [6, 6.07) is 0.461. The Kier molecular flexibility index (Phi) is 4.08. The summed E-state index contributed by atoms with van der Waals surface area (Å²) in [6.07, 6.45) is 8.14. The minimum absolute atomic E-state index is 0.0716. The molecule has 1 saturated carbocycles. The van der Waals surface area contributed by atoms with Gasteiger partial charge >= 0.3 is 0 Å². The molecule has 1 amide bonds. The molecule has 1 saturated heterocycles. The average Bonchev–Trinajstić information content (AvgIpc) is 2.39. The van der Waals surface area contributed by atoms with Crippen molar-refractivity contribution in [3.8, 4) is 0 Å². The Morgan fingerprint density at radius 1 is 1.18 bits per heavy atom. The summed E-state index contributed by atoms with van der Waals surface area (Å²) in [5.41, 5.74) is -0.0716. The van der Waals surface area contributed by atoms with Gasteiger partial charge in [-0.15, -0.1) is 0 Å². The van der Waals surface area contributed by atoms with Crippen molar-refractivity contribution in [2.75, 3.05) is 20.1 Å². The Bertz CT molecular complexity index is 265. The molecule has 0 aromatic rings. The maximum Gasteiger partial charge on any atom is 0.228 e. The summed E-state index contributed by atoms with van der Waals surface area (Å²) in [5, 5.41) is 3.36. The van der Waals surface area contributed by atoms with E-state index in [9.17, 15) is 4.79 Å². The minimum atomic E-state index is -0.0716. The van der Waals surface area contributed by atoms with Gasteiger partial charge in [-0.3, -0.25) is 4.79 Å². The van der Waals surface area contributed by atoms with Gasteiger partial charge in [-0.25, -0.2) is 0 Å². The van der Waals surface area contributed by atoms with Crippen LogP contribution in [0.4, 0.5) is 0 Å². The second-order valence-electron chi connectivity index (χ2n) is 6.02. The molecule has 0 spiro atoms. The molecule has 2 aliphatic rings. The third kappa shape index (κ3) is 2.82. The van der Waals surface area contributed by atoms with Crippen molar-refractivity contribution in [1.82, 2.24) is 10.2 Å². The fourth-order valence-corrected chi connectivity index (χ4v) is 3.33. The monoisotopic (exact) mass is 238 g/mol. The first kappa shape index (κ1) is 12.9. The molecule has 1 aliphatic heterocycles. The van der Waals surface area contributed by atoms with Crippen molar-refractivity contribution >= 4 is 5.91 Å². The van der Waals surface area contributed by atoms with Gasteiger partial charge in [0.2, 0.25) is 5.91 Å². The number of nitrogens with zero attached hydrogens (tertiary/aromatic N) is 1. The normalized spacial score (nSPS) is 25.5. The van der Waals surface area contributed by atoms with Crippen LogP contribution in [-0.4, -0.2) is 37.0 Å². The lowest BCUT2D eigenvalue weighted by molar-refractivity contribution is -0.144. The van der Waals surface area contributed by atoms with Crippen molar-refractivity contribution in [3.63, 3.8) is 0 Å². The number of piperidine rings is 1. The Balaban J connectivity index is 1.97. The number of hydrogen-bond acceptors (Lipinski definition) is 2. The van der Waals surface area contributed by atoms with Crippen LogP contribution in [0.1, 0.15) is 51.9 Å². The Morgan fingerprint density at radius 2 is 1.76 bits per heavy atom. The zero-order chi connectivity index (χ0) is 12.3. The van der Waals surface area contributed by atoms with Crippen LogP contribution >= 0.6 is 0 Å². The van der Waals surface area contributed by atoms with Crippen LogP contribution in [0.3, 0.4) is 0 Å². The molecule has 3 heteroatoms. The van der Waals surface area contributed by atoms with Gasteiger partial charge in [-0.1, -0.05) is 26.2 Å². The van der Waals surface area contributed by atoms with Crippen LogP contribution < -0.4 is 5.32 Å². The summed E-state index contributed by atoms with van der Waals surface area (Å²) < 4.78 is 0. The Morgan fingerprint density at radius 3 is 2.35 bits per heavy atom. The third-order valence-electron chi connectivity index (χ3n) is 4.65. The van der Waals surface area contributed by atoms with Crippen molar-refractivity contribution in [2.45, 2.75) is 57.9 Å². The summed E-state index contributed by atoms with van der Waals surface area (Å²) in [6.45, 7) is 4.28. The van der Waals surface area contributed by atoms with Crippen molar-refractivity contribution in [3.05, 3.63) is 0 Å². The van der Waals surface area contributed by atoms with E-state index in [1.165, 1.54) is 19.3 Å². The highest BCUT2D eigenvalue weighted by Crippen LogP contribution is 2.37. The molecule has 0 unspecified atom stereocenters. The molecule has 1 aliphatic carbocycles. The first-order chi connectivity index (χ1) is 8.13. The summed E-state index contributed by atoms with van der Waals surface area (Å²) >= 11 is 0. The van der Waals surface area contributed by atoms with Crippen molar-refractivity contribution in [2.24, 2.45) is 5.41 Å².